The molecule has 0 saturated carbocycles. The molecular weight excluding hydrogens is 348 g/mol. The highest BCUT2D eigenvalue weighted by atomic mass is 16.1. The molecule has 0 aliphatic heterocycles. The van der Waals surface area contributed by atoms with Crippen LogP contribution in [0.3, 0.4) is 0 Å². The van der Waals surface area contributed by atoms with E-state index in [0.717, 1.165) is 33.3 Å². The first-order chi connectivity index (χ1) is 13.6. The van der Waals surface area contributed by atoms with Gasteiger partial charge in [0.2, 0.25) is 0 Å². The maximum atomic E-state index is 13.0. The molecule has 5 nitrogen and oxygen atoms in total. The lowest BCUT2D eigenvalue weighted by atomic mass is 10.0. The summed E-state index contributed by atoms with van der Waals surface area (Å²) in [6.07, 6.45) is 3.97. The van der Waals surface area contributed by atoms with Crippen LogP contribution in [0.4, 0.5) is 0 Å². The Morgan fingerprint density at radius 3 is 2.54 bits per heavy atom. The summed E-state index contributed by atoms with van der Waals surface area (Å²) in [7, 11) is 1.97. The summed E-state index contributed by atoms with van der Waals surface area (Å²) in [4.78, 5) is 17.7. The second-order valence-corrected chi connectivity index (χ2v) is 6.84. The fourth-order valence-corrected chi connectivity index (χ4v) is 3.24. The van der Waals surface area contributed by atoms with Gasteiger partial charge in [0.05, 0.1) is 16.8 Å². The smallest absolute Gasteiger partial charge is 0.252 e. The molecule has 1 amide bonds. The molecule has 2 aromatic carbocycles. The van der Waals surface area contributed by atoms with Crippen molar-refractivity contribution in [1.82, 2.24) is 14.9 Å². The minimum atomic E-state index is -0.112. The van der Waals surface area contributed by atoms with E-state index in [4.69, 9.17) is 10.7 Å². The number of aromatic nitrogens is 2. The van der Waals surface area contributed by atoms with Gasteiger partial charge in [-0.25, -0.2) is 4.98 Å². The number of pyridine rings is 1. The Morgan fingerprint density at radius 1 is 1.07 bits per heavy atom. The van der Waals surface area contributed by atoms with Gasteiger partial charge in [-0.2, -0.15) is 0 Å². The predicted molar refractivity (Wildman–Crippen MR) is 112 cm³/mol. The average Bonchev–Trinajstić information content (AvgIpc) is 3.18. The van der Waals surface area contributed by atoms with E-state index >= 15 is 0 Å². The van der Waals surface area contributed by atoms with E-state index in [9.17, 15) is 4.79 Å². The molecule has 2 heterocycles. The molecule has 3 N–H and O–H groups in total. The zero-order valence-corrected chi connectivity index (χ0v) is 15.7. The molecule has 0 radical (unpaired) electrons. The second kappa shape index (κ2) is 7.66. The Kier molecular flexibility index (Phi) is 4.91. The third-order valence-electron chi connectivity index (χ3n) is 4.80. The number of fused-ring (bicyclic) bond motifs is 1. The number of benzene rings is 2. The van der Waals surface area contributed by atoms with Crippen LogP contribution in [0.25, 0.3) is 22.2 Å². The zero-order chi connectivity index (χ0) is 19.5. The Hall–Kier alpha value is -3.44. The van der Waals surface area contributed by atoms with E-state index in [2.05, 4.69) is 5.32 Å². The third kappa shape index (κ3) is 3.66. The molecule has 4 rings (SSSR count). The van der Waals surface area contributed by atoms with Gasteiger partial charge in [-0.1, -0.05) is 42.5 Å². The molecule has 2 aromatic heterocycles. The number of amides is 1. The Morgan fingerprint density at radius 2 is 1.82 bits per heavy atom. The first-order valence-electron chi connectivity index (χ1n) is 9.22. The van der Waals surface area contributed by atoms with Gasteiger partial charge < -0.3 is 15.6 Å². The standard InChI is InChI=1S/C23H22N4O/c1-27-11-10-18(15-27)22-12-20(19-4-2-3-5-21(19)26-22)23(28)25-14-17-8-6-16(13-24)7-9-17/h2-12,15H,13-14,24H2,1H3,(H,25,28). The third-order valence-corrected chi connectivity index (χ3v) is 4.80. The highest BCUT2D eigenvalue weighted by Crippen LogP contribution is 2.25. The molecule has 0 fully saturated rings. The molecule has 0 aliphatic carbocycles. The van der Waals surface area contributed by atoms with Crippen molar-refractivity contribution in [2.45, 2.75) is 13.1 Å². The number of nitrogens with zero attached hydrogens (tertiary/aromatic N) is 2. The molecule has 28 heavy (non-hydrogen) atoms. The number of nitrogens with one attached hydrogen (secondary N) is 1. The summed E-state index contributed by atoms with van der Waals surface area (Å²) in [6.45, 7) is 0.971. The molecule has 0 atom stereocenters. The fraction of sp³-hybridized carbons (Fsp3) is 0.130. The van der Waals surface area contributed by atoms with Gasteiger partial charge >= 0.3 is 0 Å². The fourth-order valence-electron chi connectivity index (χ4n) is 3.24. The Labute approximate surface area is 163 Å². The summed E-state index contributed by atoms with van der Waals surface area (Å²) in [5, 5.41) is 3.87. The summed E-state index contributed by atoms with van der Waals surface area (Å²) in [6, 6.07) is 19.5. The lowest BCUT2D eigenvalue weighted by molar-refractivity contribution is 0.0952. The highest BCUT2D eigenvalue weighted by Gasteiger charge is 2.14. The largest absolute Gasteiger partial charge is 0.357 e. The predicted octanol–water partition coefficient (Wildman–Crippen LogP) is 3.63. The molecule has 0 saturated heterocycles. The van der Waals surface area contributed by atoms with Crippen molar-refractivity contribution in [2.24, 2.45) is 12.8 Å². The van der Waals surface area contributed by atoms with Crippen LogP contribution in [-0.2, 0) is 20.1 Å². The monoisotopic (exact) mass is 370 g/mol. The number of carbonyl (C=O) groups is 1. The molecule has 0 aliphatic rings. The molecular formula is C23H22N4O. The normalized spacial score (nSPS) is 10.9. The first kappa shape index (κ1) is 17.9. The molecule has 0 unspecified atom stereocenters. The minimum Gasteiger partial charge on any atom is -0.357 e. The lowest BCUT2D eigenvalue weighted by Crippen LogP contribution is -2.23. The zero-order valence-electron chi connectivity index (χ0n) is 15.7. The van der Waals surface area contributed by atoms with Gasteiger partial charge in [0, 0.05) is 43.5 Å². The lowest BCUT2D eigenvalue weighted by Gasteiger charge is -2.10. The van der Waals surface area contributed by atoms with Gasteiger partial charge in [0.15, 0.2) is 0 Å². The van der Waals surface area contributed by atoms with Crippen molar-refractivity contribution < 1.29 is 4.79 Å². The van der Waals surface area contributed by atoms with Crippen molar-refractivity contribution in [1.29, 1.82) is 0 Å². The summed E-state index contributed by atoms with van der Waals surface area (Å²) in [5.74, 6) is -0.112. The van der Waals surface area contributed by atoms with Crippen LogP contribution in [0.1, 0.15) is 21.5 Å². The average molecular weight is 370 g/mol. The van der Waals surface area contributed by atoms with E-state index in [0.29, 0.717) is 18.7 Å². The van der Waals surface area contributed by atoms with Crippen LogP contribution in [0.2, 0.25) is 0 Å². The Bertz CT molecular complexity index is 1130. The Balaban J connectivity index is 1.64. The number of hydrogen-bond donors (Lipinski definition) is 2. The van der Waals surface area contributed by atoms with Gasteiger partial charge in [-0.3, -0.25) is 4.79 Å². The maximum Gasteiger partial charge on any atom is 0.252 e. The molecule has 0 spiro atoms. The molecule has 0 bridgehead atoms. The van der Waals surface area contributed by atoms with Crippen molar-refractivity contribution in [3.05, 3.63) is 89.7 Å². The van der Waals surface area contributed by atoms with Gasteiger partial charge in [0.1, 0.15) is 0 Å². The minimum absolute atomic E-state index is 0.112. The van der Waals surface area contributed by atoms with Crippen molar-refractivity contribution in [3.63, 3.8) is 0 Å². The van der Waals surface area contributed by atoms with E-state index in [1.54, 1.807) is 0 Å². The van der Waals surface area contributed by atoms with Crippen molar-refractivity contribution in [2.75, 3.05) is 0 Å². The van der Waals surface area contributed by atoms with Crippen LogP contribution >= 0.6 is 0 Å². The SMILES string of the molecule is Cn1ccc(-c2cc(C(=O)NCc3ccc(CN)cc3)c3ccccc3n2)c1. The second-order valence-electron chi connectivity index (χ2n) is 6.84. The van der Waals surface area contributed by atoms with Crippen molar-refractivity contribution in [3.8, 4) is 11.3 Å². The van der Waals surface area contributed by atoms with E-state index in [1.807, 2.05) is 84.7 Å². The van der Waals surface area contributed by atoms with Gasteiger partial charge in [0.25, 0.3) is 5.91 Å². The number of hydrogen-bond acceptors (Lipinski definition) is 3. The van der Waals surface area contributed by atoms with Crippen LogP contribution in [0.15, 0.2) is 73.1 Å². The van der Waals surface area contributed by atoms with Crippen LogP contribution < -0.4 is 11.1 Å². The number of nitrogens with two attached hydrogens (primary N) is 1. The maximum absolute atomic E-state index is 13.0. The van der Waals surface area contributed by atoms with Crippen LogP contribution in [0, 0.1) is 0 Å². The number of aryl methyl sites for hydroxylation is 1. The molecule has 4 aromatic rings. The number of carbonyl (C=O) groups excluding carboxylic acids is 1. The van der Waals surface area contributed by atoms with E-state index in [-0.39, 0.29) is 5.91 Å². The van der Waals surface area contributed by atoms with Crippen LogP contribution in [0.5, 0.6) is 0 Å². The number of rotatable bonds is 5. The van der Waals surface area contributed by atoms with E-state index in [1.165, 1.54) is 0 Å². The number of para-hydroxylation sites is 1. The van der Waals surface area contributed by atoms with Crippen LogP contribution in [-0.4, -0.2) is 15.5 Å². The quantitative estimate of drug-likeness (QED) is 0.563. The molecule has 140 valence electrons. The highest BCUT2D eigenvalue weighted by molar-refractivity contribution is 6.07. The molecule has 5 heteroatoms. The first-order valence-corrected chi connectivity index (χ1v) is 9.22. The summed E-state index contributed by atoms with van der Waals surface area (Å²) >= 11 is 0. The summed E-state index contributed by atoms with van der Waals surface area (Å²) in [5.41, 5.74) is 11.0. The summed E-state index contributed by atoms with van der Waals surface area (Å²) < 4.78 is 1.97. The van der Waals surface area contributed by atoms with Gasteiger partial charge in [-0.05, 0) is 29.3 Å². The van der Waals surface area contributed by atoms with Gasteiger partial charge in [-0.15, -0.1) is 0 Å². The van der Waals surface area contributed by atoms with Crippen molar-refractivity contribution >= 4 is 16.8 Å². The topological polar surface area (TPSA) is 72.9 Å². The van der Waals surface area contributed by atoms with E-state index < -0.39 is 0 Å².